The fourth-order valence-electron chi connectivity index (χ4n) is 3.42. The van der Waals surface area contributed by atoms with Crippen molar-refractivity contribution in [2.45, 2.75) is 45.2 Å². The van der Waals surface area contributed by atoms with Crippen LogP contribution in [0.25, 0.3) is 10.9 Å². The molecule has 0 amide bonds. The molecule has 0 fully saturated rings. The third-order valence-electron chi connectivity index (χ3n) is 4.64. The topological polar surface area (TPSA) is 43.6 Å². The van der Waals surface area contributed by atoms with Gasteiger partial charge in [0.05, 0.1) is 23.9 Å². The van der Waals surface area contributed by atoms with Crippen molar-refractivity contribution in [2.75, 3.05) is 7.11 Å². The van der Waals surface area contributed by atoms with Crippen LogP contribution in [0.2, 0.25) is 0 Å². The number of methoxy groups -OCH3 is 1. The van der Waals surface area contributed by atoms with E-state index < -0.39 is 5.97 Å². The quantitative estimate of drug-likeness (QED) is 0.260. The first-order valence-corrected chi connectivity index (χ1v) is 9.12. The van der Waals surface area contributed by atoms with Crippen LogP contribution in [0.1, 0.15) is 37.8 Å². The number of rotatable bonds is 5. The summed E-state index contributed by atoms with van der Waals surface area (Å²) in [4.78, 5) is 17.0. The summed E-state index contributed by atoms with van der Waals surface area (Å²) < 4.78 is 7.23. The van der Waals surface area contributed by atoms with Gasteiger partial charge >= 0.3 is 5.97 Å². The second-order valence-electron chi connectivity index (χ2n) is 6.17. The van der Waals surface area contributed by atoms with Crippen molar-refractivity contribution >= 4 is 34.2 Å². The van der Waals surface area contributed by atoms with E-state index >= 15 is 0 Å². The van der Waals surface area contributed by atoms with Crippen LogP contribution in [-0.2, 0) is 22.5 Å². The minimum Gasteiger partial charge on any atom is -0.465 e. The Bertz CT molecular complexity index is 864. The Morgan fingerprint density at radius 3 is 2.96 bits per heavy atom. The number of benzene rings is 1. The van der Waals surface area contributed by atoms with Crippen molar-refractivity contribution in [3.8, 4) is 0 Å². The molecule has 2 heterocycles. The summed E-state index contributed by atoms with van der Waals surface area (Å²) in [5.74, 6) is -0.395. The average Bonchev–Trinajstić information content (AvgIpc) is 3.02. The Morgan fingerprint density at radius 2 is 2.28 bits per heavy atom. The number of ether oxygens (including phenoxy) is 1. The highest BCUT2D eigenvalue weighted by atomic mass is 35.5. The number of allylic oxidation sites excluding steroid dienone is 1. The first kappa shape index (κ1) is 17.7. The highest BCUT2D eigenvalue weighted by Crippen LogP contribution is 2.31. The number of aromatic nitrogens is 1. The first-order valence-electron chi connectivity index (χ1n) is 8.68. The van der Waals surface area contributed by atoms with Gasteiger partial charge in [0.25, 0.3) is 0 Å². The molecule has 132 valence electrons. The SMILES string of the molecule is C/C=C(C(=O)OC)\C(=N/C(Cl)CC)c1cn2c3c(cccc13)CCC2. The summed E-state index contributed by atoms with van der Waals surface area (Å²) in [6, 6.07) is 6.33. The number of aryl methyl sites for hydroxylation is 2. The van der Waals surface area contributed by atoms with E-state index in [4.69, 9.17) is 16.3 Å². The number of aliphatic imine (C=N–C) groups is 1. The van der Waals surface area contributed by atoms with Crippen molar-refractivity contribution in [3.63, 3.8) is 0 Å². The first-order chi connectivity index (χ1) is 12.1. The van der Waals surface area contributed by atoms with E-state index in [9.17, 15) is 4.79 Å². The van der Waals surface area contributed by atoms with E-state index in [0.717, 1.165) is 30.3 Å². The number of hydrogen-bond acceptors (Lipinski definition) is 3. The maximum absolute atomic E-state index is 12.3. The maximum Gasteiger partial charge on any atom is 0.339 e. The molecular weight excluding hydrogens is 336 g/mol. The van der Waals surface area contributed by atoms with Gasteiger partial charge in [-0.1, -0.05) is 42.8 Å². The molecule has 0 bridgehead atoms. The minimum atomic E-state index is -0.395. The smallest absolute Gasteiger partial charge is 0.339 e. The Hall–Kier alpha value is -2.07. The van der Waals surface area contributed by atoms with Crippen LogP contribution < -0.4 is 0 Å². The molecule has 4 nitrogen and oxygen atoms in total. The molecule has 0 saturated heterocycles. The molecule has 1 unspecified atom stereocenters. The van der Waals surface area contributed by atoms with Gasteiger partial charge in [0.15, 0.2) is 0 Å². The van der Waals surface area contributed by atoms with Gasteiger partial charge in [0.2, 0.25) is 0 Å². The van der Waals surface area contributed by atoms with Gasteiger partial charge < -0.3 is 9.30 Å². The van der Waals surface area contributed by atoms with Crippen LogP contribution in [0.15, 0.2) is 41.0 Å². The monoisotopic (exact) mass is 358 g/mol. The Balaban J connectivity index is 2.25. The van der Waals surface area contributed by atoms with Gasteiger partial charge in [-0.25, -0.2) is 4.79 Å². The fourth-order valence-corrected chi connectivity index (χ4v) is 3.52. The van der Waals surface area contributed by atoms with Crippen LogP contribution in [0, 0.1) is 0 Å². The summed E-state index contributed by atoms with van der Waals surface area (Å²) >= 11 is 6.32. The van der Waals surface area contributed by atoms with Crippen LogP contribution in [0.5, 0.6) is 0 Å². The molecule has 5 heteroatoms. The Labute approximate surface area is 153 Å². The van der Waals surface area contributed by atoms with Crippen LogP contribution in [0.4, 0.5) is 0 Å². The molecule has 1 atom stereocenters. The molecule has 0 spiro atoms. The molecule has 3 rings (SSSR count). The molecule has 0 N–H and O–H groups in total. The molecule has 0 aliphatic carbocycles. The van der Waals surface area contributed by atoms with Crippen molar-refractivity contribution in [3.05, 3.63) is 47.2 Å². The summed E-state index contributed by atoms with van der Waals surface area (Å²) in [6.45, 7) is 4.77. The van der Waals surface area contributed by atoms with Gasteiger partial charge in [0.1, 0.15) is 5.50 Å². The molecule has 25 heavy (non-hydrogen) atoms. The van der Waals surface area contributed by atoms with E-state index in [2.05, 4.69) is 34.0 Å². The fraction of sp³-hybridized carbons (Fsp3) is 0.400. The zero-order valence-corrected chi connectivity index (χ0v) is 15.6. The molecule has 1 aliphatic heterocycles. The van der Waals surface area contributed by atoms with Gasteiger partial charge in [-0.3, -0.25) is 4.99 Å². The predicted molar refractivity (Wildman–Crippen MR) is 103 cm³/mol. The number of para-hydroxylation sites is 1. The molecule has 1 aliphatic rings. The Morgan fingerprint density at radius 1 is 1.48 bits per heavy atom. The van der Waals surface area contributed by atoms with Gasteiger partial charge in [-0.05, 0) is 31.7 Å². The predicted octanol–water partition coefficient (Wildman–Crippen LogP) is 4.47. The number of carbonyl (C=O) groups is 1. The van der Waals surface area contributed by atoms with Gasteiger partial charge in [-0.15, -0.1) is 0 Å². The van der Waals surface area contributed by atoms with E-state index in [1.165, 1.54) is 18.2 Å². The lowest BCUT2D eigenvalue weighted by molar-refractivity contribution is -0.135. The third kappa shape index (κ3) is 3.23. The second-order valence-corrected chi connectivity index (χ2v) is 6.67. The molecule has 1 aromatic carbocycles. The summed E-state index contributed by atoms with van der Waals surface area (Å²) in [7, 11) is 1.39. The summed E-state index contributed by atoms with van der Waals surface area (Å²) in [5, 5.41) is 1.11. The lowest BCUT2D eigenvalue weighted by Gasteiger charge is -2.14. The number of esters is 1. The minimum absolute atomic E-state index is 0.388. The lowest BCUT2D eigenvalue weighted by atomic mass is 9.98. The largest absolute Gasteiger partial charge is 0.465 e. The van der Waals surface area contributed by atoms with Gasteiger partial charge in [0, 0.05) is 23.7 Å². The summed E-state index contributed by atoms with van der Waals surface area (Å²) in [6.07, 6.45) is 6.72. The highest BCUT2D eigenvalue weighted by molar-refractivity contribution is 6.31. The van der Waals surface area contributed by atoms with Crippen LogP contribution in [-0.4, -0.2) is 28.9 Å². The number of halogens is 1. The van der Waals surface area contributed by atoms with Gasteiger partial charge in [-0.2, -0.15) is 0 Å². The standard InChI is InChI=1S/C20H23ClN2O2/c1-4-14(20(24)25-3)18(22-17(21)5-2)16-12-23-11-7-9-13-8-6-10-15(16)19(13)23/h4,6,8,10,12,17H,5,7,9,11H2,1-3H3/b14-4+,22-18+. The number of hydrogen-bond donors (Lipinski definition) is 0. The number of alkyl halides is 1. The molecule has 0 saturated carbocycles. The van der Waals surface area contributed by atoms with Crippen LogP contribution in [0.3, 0.4) is 0 Å². The van der Waals surface area contributed by atoms with Crippen molar-refractivity contribution in [1.82, 2.24) is 4.57 Å². The van der Waals surface area contributed by atoms with E-state index in [1.54, 1.807) is 6.08 Å². The third-order valence-corrected chi connectivity index (χ3v) is 5.04. The van der Waals surface area contributed by atoms with Crippen molar-refractivity contribution in [2.24, 2.45) is 4.99 Å². The lowest BCUT2D eigenvalue weighted by Crippen LogP contribution is -2.17. The summed E-state index contributed by atoms with van der Waals surface area (Å²) in [5.41, 5.74) is 4.19. The average molecular weight is 359 g/mol. The molecule has 0 radical (unpaired) electrons. The Kier molecular flexibility index (Phi) is 5.28. The van der Waals surface area contributed by atoms with Crippen LogP contribution >= 0.6 is 11.6 Å². The van der Waals surface area contributed by atoms with E-state index in [0.29, 0.717) is 17.7 Å². The normalized spacial score (nSPS) is 16.2. The maximum atomic E-state index is 12.3. The van der Waals surface area contributed by atoms with Crippen molar-refractivity contribution < 1.29 is 9.53 Å². The molecule has 2 aromatic rings. The van der Waals surface area contributed by atoms with E-state index in [1.807, 2.05) is 13.8 Å². The zero-order valence-electron chi connectivity index (χ0n) is 14.9. The number of nitrogens with zero attached hydrogens (tertiary/aromatic N) is 2. The second kappa shape index (κ2) is 7.44. The van der Waals surface area contributed by atoms with E-state index in [-0.39, 0.29) is 5.50 Å². The highest BCUT2D eigenvalue weighted by Gasteiger charge is 2.24. The van der Waals surface area contributed by atoms with Crippen molar-refractivity contribution in [1.29, 1.82) is 0 Å². The zero-order chi connectivity index (χ0) is 18.0. The number of carbonyl (C=O) groups excluding carboxylic acids is 1. The molecular formula is C20H23ClN2O2. The molecule has 1 aromatic heterocycles.